The Morgan fingerprint density at radius 1 is 0.897 bits per heavy atom. The highest BCUT2D eigenvalue weighted by Gasteiger charge is 2.23. The maximum atomic E-state index is 12.7. The van der Waals surface area contributed by atoms with Crippen LogP contribution in [0.15, 0.2) is 72.1 Å². The number of rotatable bonds is 9. The van der Waals surface area contributed by atoms with Gasteiger partial charge in [-0.25, -0.2) is 4.79 Å². The molecule has 4 rings (SSSR count). The molecule has 1 aromatic heterocycles. The van der Waals surface area contributed by atoms with Crippen LogP contribution in [0.4, 0.5) is 10.7 Å². The number of hydrogen-bond acceptors (Lipinski definition) is 6. The van der Waals surface area contributed by atoms with Gasteiger partial charge in [-0.1, -0.05) is 65.1 Å². The number of halogens is 3. The fourth-order valence-electron chi connectivity index (χ4n) is 3.55. The Balaban J connectivity index is 1.39. The van der Waals surface area contributed by atoms with E-state index < -0.39 is 17.8 Å². The molecule has 39 heavy (non-hydrogen) atoms. The number of ether oxygens (including phenoxy) is 2. The molecule has 0 atom stereocenters. The van der Waals surface area contributed by atoms with Crippen LogP contribution in [0.5, 0.6) is 5.75 Å². The lowest BCUT2D eigenvalue weighted by Crippen LogP contribution is -2.21. The lowest BCUT2D eigenvalue weighted by molar-refractivity contribution is -0.118. The molecule has 0 saturated carbocycles. The van der Waals surface area contributed by atoms with Gasteiger partial charge >= 0.3 is 5.97 Å². The molecule has 3 aromatic carbocycles. The van der Waals surface area contributed by atoms with Crippen molar-refractivity contribution in [2.45, 2.75) is 6.92 Å². The van der Waals surface area contributed by atoms with Crippen molar-refractivity contribution in [3.05, 3.63) is 98.3 Å². The summed E-state index contributed by atoms with van der Waals surface area (Å²) in [4.78, 5) is 38.0. The van der Waals surface area contributed by atoms with Gasteiger partial charge in [0, 0.05) is 21.5 Å². The van der Waals surface area contributed by atoms with Crippen molar-refractivity contribution in [1.82, 2.24) is 0 Å². The van der Waals surface area contributed by atoms with E-state index in [0.717, 1.165) is 5.56 Å². The van der Waals surface area contributed by atoms with E-state index in [2.05, 4.69) is 10.6 Å². The molecule has 2 N–H and O–H groups in total. The molecule has 7 nitrogen and oxygen atoms in total. The standard InChI is InChI=1S/C28H21Cl3N2O5S/c1-2-37-28(36)24-20(16-6-4-3-5-7-16)15-39-27(24)32-23(34)14-38-19-10-8-17(9-11-19)26(35)33-25-21(30)12-18(29)13-22(25)31/h3-13,15H,2,14H2,1H3,(H,32,34)(H,33,35). The summed E-state index contributed by atoms with van der Waals surface area (Å²) >= 11 is 19.4. The first-order valence-corrected chi connectivity index (χ1v) is 13.6. The molecule has 11 heteroatoms. The van der Waals surface area contributed by atoms with Crippen LogP contribution in [0.1, 0.15) is 27.6 Å². The van der Waals surface area contributed by atoms with Gasteiger partial charge in [-0.15, -0.1) is 11.3 Å². The molecule has 0 radical (unpaired) electrons. The van der Waals surface area contributed by atoms with Gasteiger partial charge in [-0.3, -0.25) is 9.59 Å². The number of amides is 2. The number of carbonyl (C=O) groups excluding carboxylic acids is 3. The van der Waals surface area contributed by atoms with E-state index in [4.69, 9.17) is 44.3 Å². The lowest BCUT2D eigenvalue weighted by Gasteiger charge is -2.11. The zero-order chi connectivity index (χ0) is 27.9. The Morgan fingerprint density at radius 3 is 2.21 bits per heavy atom. The van der Waals surface area contributed by atoms with Crippen LogP contribution in [-0.2, 0) is 9.53 Å². The van der Waals surface area contributed by atoms with Crippen molar-refractivity contribution in [2.75, 3.05) is 23.8 Å². The van der Waals surface area contributed by atoms with Crippen LogP contribution in [0.3, 0.4) is 0 Å². The second kappa shape index (κ2) is 13.0. The smallest absolute Gasteiger partial charge is 0.341 e. The van der Waals surface area contributed by atoms with Crippen LogP contribution >= 0.6 is 46.1 Å². The van der Waals surface area contributed by atoms with E-state index in [9.17, 15) is 14.4 Å². The predicted molar refractivity (Wildman–Crippen MR) is 156 cm³/mol. The van der Waals surface area contributed by atoms with Crippen LogP contribution in [-0.4, -0.2) is 31.0 Å². The van der Waals surface area contributed by atoms with Gasteiger partial charge in [0.15, 0.2) is 6.61 Å². The zero-order valence-corrected chi connectivity index (χ0v) is 23.5. The summed E-state index contributed by atoms with van der Waals surface area (Å²) in [5, 5.41) is 8.32. The molecular formula is C28H21Cl3N2O5S. The summed E-state index contributed by atoms with van der Waals surface area (Å²) < 4.78 is 10.8. The Labute approximate surface area is 243 Å². The molecular weight excluding hydrogens is 583 g/mol. The molecule has 0 saturated heterocycles. The Morgan fingerprint density at radius 2 is 1.56 bits per heavy atom. The molecule has 0 aliphatic heterocycles. The van der Waals surface area contributed by atoms with Gasteiger partial charge in [-0.2, -0.15) is 0 Å². The zero-order valence-electron chi connectivity index (χ0n) is 20.4. The number of anilines is 2. The number of nitrogens with one attached hydrogen (secondary N) is 2. The van der Waals surface area contributed by atoms with Crippen LogP contribution < -0.4 is 15.4 Å². The minimum atomic E-state index is -0.524. The normalized spacial score (nSPS) is 10.6. The second-order valence-corrected chi connectivity index (χ2v) is 10.1. The molecule has 0 spiro atoms. The first kappa shape index (κ1) is 28.4. The van der Waals surface area contributed by atoms with Gasteiger partial charge in [-0.05, 0) is 48.9 Å². The van der Waals surface area contributed by atoms with E-state index in [1.807, 2.05) is 30.3 Å². The fourth-order valence-corrected chi connectivity index (χ4v) is 5.43. The highest BCUT2D eigenvalue weighted by Crippen LogP contribution is 2.36. The van der Waals surface area contributed by atoms with Gasteiger partial charge in [0.05, 0.1) is 22.3 Å². The van der Waals surface area contributed by atoms with E-state index >= 15 is 0 Å². The fraction of sp³-hybridized carbons (Fsp3) is 0.107. The highest BCUT2D eigenvalue weighted by molar-refractivity contribution is 7.15. The topological polar surface area (TPSA) is 93.7 Å². The minimum absolute atomic E-state index is 0.202. The quantitative estimate of drug-likeness (QED) is 0.190. The van der Waals surface area contributed by atoms with Gasteiger partial charge in [0.1, 0.15) is 16.3 Å². The molecule has 2 amide bonds. The SMILES string of the molecule is CCOC(=O)c1c(-c2ccccc2)csc1NC(=O)COc1ccc(C(=O)Nc2c(Cl)cc(Cl)cc2Cl)cc1. The molecule has 0 aliphatic carbocycles. The third-order valence-corrected chi connectivity index (χ3v) is 7.05. The first-order valence-electron chi connectivity index (χ1n) is 11.6. The maximum Gasteiger partial charge on any atom is 0.341 e. The minimum Gasteiger partial charge on any atom is -0.484 e. The van der Waals surface area contributed by atoms with Gasteiger partial charge in [0.25, 0.3) is 11.8 Å². The summed E-state index contributed by atoms with van der Waals surface area (Å²) in [7, 11) is 0. The van der Waals surface area contributed by atoms with Crippen molar-refractivity contribution in [1.29, 1.82) is 0 Å². The summed E-state index contributed by atoms with van der Waals surface area (Å²) in [6.07, 6.45) is 0. The van der Waals surface area contributed by atoms with Gasteiger partial charge in [0.2, 0.25) is 0 Å². The molecule has 4 aromatic rings. The monoisotopic (exact) mass is 602 g/mol. The molecule has 1 heterocycles. The Hall–Kier alpha value is -3.56. The molecule has 0 aliphatic rings. The molecule has 0 fully saturated rings. The van der Waals surface area contributed by atoms with Crippen molar-refractivity contribution < 1.29 is 23.9 Å². The molecule has 200 valence electrons. The third kappa shape index (κ3) is 7.10. The van der Waals surface area contributed by atoms with Crippen molar-refractivity contribution >= 4 is 74.6 Å². The summed E-state index contributed by atoms with van der Waals surface area (Å²) in [5.41, 5.74) is 2.36. The van der Waals surface area contributed by atoms with Gasteiger partial charge < -0.3 is 20.1 Å². The maximum absolute atomic E-state index is 12.7. The van der Waals surface area contributed by atoms with Crippen molar-refractivity contribution in [2.24, 2.45) is 0 Å². The number of thiophene rings is 1. The van der Waals surface area contributed by atoms with Crippen molar-refractivity contribution in [3.63, 3.8) is 0 Å². The predicted octanol–water partition coefficient (Wildman–Crippen LogP) is 7.82. The molecule has 0 bridgehead atoms. The number of esters is 1. The number of carbonyl (C=O) groups is 3. The van der Waals surface area contributed by atoms with E-state index in [-0.39, 0.29) is 34.5 Å². The summed E-state index contributed by atoms with van der Waals surface area (Å²) in [5.74, 6) is -1.06. The Kier molecular flexibility index (Phi) is 9.48. The van der Waals surface area contributed by atoms with Crippen LogP contribution in [0.2, 0.25) is 15.1 Å². The number of hydrogen-bond donors (Lipinski definition) is 2. The van der Waals surface area contributed by atoms with Crippen LogP contribution in [0, 0.1) is 0 Å². The number of benzene rings is 3. The average molecular weight is 604 g/mol. The van der Waals surface area contributed by atoms with E-state index in [1.165, 1.54) is 35.6 Å². The Bertz CT molecular complexity index is 1480. The second-order valence-electron chi connectivity index (χ2n) is 8.00. The largest absolute Gasteiger partial charge is 0.484 e. The molecule has 0 unspecified atom stereocenters. The summed E-state index contributed by atoms with van der Waals surface area (Å²) in [6.45, 7) is 1.60. The first-order chi connectivity index (χ1) is 18.8. The average Bonchev–Trinajstić information content (AvgIpc) is 3.34. The van der Waals surface area contributed by atoms with Crippen LogP contribution in [0.25, 0.3) is 11.1 Å². The lowest BCUT2D eigenvalue weighted by atomic mass is 10.0. The summed E-state index contributed by atoms with van der Waals surface area (Å²) in [6, 6.07) is 18.5. The third-order valence-electron chi connectivity index (χ3n) is 5.34. The highest BCUT2D eigenvalue weighted by atomic mass is 35.5. The van der Waals surface area contributed by atoms with E-state index in [0.29, 0.717) is 26.9 Å². The van der Waals surface area contributed by atoms with E-state index in [1.54, 1.807) is 24.4 Å². The van der Waals surface area contributed by atoms with Crippen molar-refractivity contribution in [3.8, 4) is 16.9 Å².